The molecule has 0 radical (unpaired) electrons. The number of amides is 3. The van der Waals surface area contributed by atoms with Crippen LogP contribution in [-0.4, -0.2) is 93.4 Å². The minimum absolute atomic E-state index is 0.0115. The van der Waals surface area contributed by atoms with Gasteiger partial charge in [0.05, 0.1) is 30.7 Å². The molecule has 0 aromatic heterocycles. The molecule has 1 aliphatic rings. The van der Waals surface area contributed by atoms with Crippen molar-refractivity contribution in [1.82, 2.24) is 19.8 Å². The smallest absolute Gasteiger partial charge is 0.407 e. The molecule has 3 rings (SSSR count). The number of methoxy groups -OCH3 is 1. The Morgan fingerprint density at radius 2 is 1.88 bits per heavy atom. The molecule has 40 heavy (non-hydrogen) atoms. The number of urea groups is 1. The zero-order valence-electron chi connectivity index (χ0n) is 23.1. The van der Waals surface area contributed by atoms with Crippen LogP contribution in [0.1, 0.15) is 31.7 Å². The number of sulfonamides is 1. The highest BCUT2D eigenvalue weighted by Crippen LogP contribution is 2.21. The summed E-state index contributed by atoms with van der Waals surface area (Å²) in [5.74, 6) is 0.535. The normalized spacial score (nSPS) is 15.0. The highest BCUT2D eigenvalue weighted by Gasteiger charge is 2.31. The largest absolute Gasteiger partial charge is 0.497 e. The Morgan fingerprint density at radius 3 is 2.50 bits per heavy atom. The molecule has 1 heterocycles. The molecule has 1 aliphatic heterocycles. The van der Waals surface area contributed by atoms with Crippen LogP contribution in [0.5, 0.6) is 5.75 Å². The van der Waals surface area contributed by atoms with Crippen LogP contribution in [0.25, 0.3) is 0 Å². The van der Waals surface area contributed by atoms with Crippen LogP contribution in [0.3, 0.4) is 0 Å². The van der Waals surface area contributed by atoms with Crippen LogP contribution in [0.4, 0.5) is 9.59 Å². The number of hydrogen-bond donors (Lipinski definition) is 3. The van der Waals surface area contributed by atoms with E-state index in [1.54, 1.807) is 17.0 Å². The van der Waals surface area contributed by atoms with Crippen molar-refractivity contribution in [3.63, 3.8) is 0 Å². The van der Waals surface area contributed by atoms with Gasteiger partial charge in [0.2, 0.25) is 10.0 Å². The van der Waals surface area contributed by atoms with Gasteiger partial charge in [-0.2, -0.15) is 4.31 Å². The molecule has 1 saturated heterocycles. The number of aliphatic hydroxyl groups is 1. The summed E-state index contributed by atoms with van der Waals surface area (Å²) in [4.78, 5) is 26.0. The predicted molar refractivity (Wildman–Crippen MR) is 151 cm³/mol. The van der Waals surface area contributed by atoms with Crippen LogP contribution >= 0.6 is 0 Å². The number of unbranched alkanes of at least 4 members (excludes halogenated alkanes) is 2. The number of alkyl carbamates (subject to hydrolysis) is 1. The molecule has 220 valence electrons. The maximum Gasteiger partial charge on any atom is 0.407 e. The highest BCUT2D eigenvalue weighted by molar-refractivity contribution is 7.89. The van der Waals surface area contributed by atoms with Gasteiger partial charge < -0.3 is 30.1 Å². The molecule has 12 heteroatoms. The first-order valence-corrected chi connectivity index (χ1v) is 15.0. The minimum Gasteiger partial charge on any atom is -0.497 e. The van der Waals surface area contributed by atoms with Gasteiger partial charge in [-0.25, -0.2) is 18.0 Å². The summed E-state index contributed by atoms with van der Waals surface area (Å²) in [5.41, 5.74) is 0.858. The van der Waals surface area contributed by atoms with E-state index in [9.17, 15) is 23.1 Å². The predicted octanol–water partition coefficient (Wildman–Crippen LogP) is 2.60. The third kappa shape index (κ3) is 9.10. The summed E-state index contributed by atoms with van der Waals surface area (Å²) in [7, 11) is -2.43. The minimum atomic E-state index is -3.93. The topological polar surface area (TPSA) is 138 Å². The molecule has 0 spiro atoms. The number of hydrogen-bond acceptors (Lipinski definition) is 7. The van der Waals surface area contributed by atoms with Crippen LogP contribution in [0.2, 0.25) is 0 Å². The number of aliphatic hydroxyl groups excluding tert-OH is 1. The maximum atomic E-state index is 13.6. The maximum absolute atomic E-state index is 13.6. The Hall–Kier alpha value is -3.35. The van der Waals surface area contributed by atoms with Gasteiger partial charge in [-0.3, -0.25) is 0 Å². The van der Waals surface area contributed by atoms with Crippen molar-refractivity contribution in [1.29, 1.82) is 0 Å². The second-order valence-corrected chi connectivity index (χ2v) is 11.5. The van der Waals surface area contributed by atoms with E-state index in [-0.39, 0.29) is 43.6 Å². The average Bonchev–Trinajstić information content (AvgIpc) is 3.37. The van der Waals surface area contributed by atoms with E-state index in [1.165, 1.54) is 23.5 Å². The van der Waals surface area contributed by atoms with Gasteiger partial charge in [-0.1, -0.05) is 50.1 Å². The summed E-state index contributed by atoms with van der Waals surface area (Å²) in [5, 5.41) is 16.7. The van der Waals surface area contributed by atoms with E-state index in [0.29, 0.717) is 25.3 Å². The Bertz CT molecular complexity index is 1180. The standard InChI is InChI=1S/C28H40N4O7S/c1-3-4-8-16-32(40(36,37)24-13-11-23(38-2)12-14-24)21-26(33)25(20-22-9-6-5-7-10-22)30-28(35)39-19-18-31-17-15-29-27(31)34/h5-7,9-14,25-26,33H,3-4,8,15-21H2,1-2H3,(H,29,34)(H,30,35)/t25-,26+/m0/s1. The molecule has 11 nitrogen and oxygen atoms in total. The van der Waals surface area contributed by atoms with Gasteiger partial charge in [-0.05, 0) is 42.7 Å². The molecule has 0 unspecified atom stereocenters. The summed E-state index contributed by atoms with van der Waals surface area (Å²) in [6.07, 6.45) is 0.639. The van der Waals surface area contributed by atoms with Crippen LogP contribution in [-0.2, 0) is 21.2 Å². The van der Waals surface area contributed by atoms with Crippen molar-refractivity contribution in [2.24, 2.45) is 0 Å². The molecule has 1 fully saturated rings. The molecular formula is C28H40N4O7S. The van der Waals surface area contributed by atoms with Gasteiger partial charge in [0, 0.05) is 26.2 Å². The van der Waals surface area contributed by atoms with Gasteiger partial charge in [0.15, 0.2) is 0 Å². The molecule has 3 amide bonds. The summed E-state index contributed by atoms with van der Waals surface area (Å²) in [6.45, 7) is 3.35. The van der Waals surface area contributed by atoms with E-state index in [2.05, 4.69) is 10.6 Å². The number of carbonyl (C=O) groups excluding carboxylic acids is 2. The molecule has 2 aromatic rings. The lowest BCUT2D eigenvalue weighted by atomic mass is 10.0. The van der Waals surface area contributed by atoms with Gasteiger partial charge >= 0.3 is 12.1 Å². The van der Waals surface area contributed by atoms with E-state index < -0.39 is 28.3 Å². The Balaban J connectivity index is 1.73. The van der Waals surface area contributed by atoms with Gasteiger partial charge in [0.1, 0.15) is 12.4 Å². The SMILES string of the molecule is CCCCCN(C[C@@H](O)[C@H](Cc1ccccc1)NC(=O)OCCN1CCNC1=O)S(=O)(=O)c1ccc(OC)cc1. The Kier molecular flexibility index (Phi) is 12.0. The zero-order valence-corrected chi connectivity index (χ0v) is 23.9. The van der Waals surface area contributed by atoms with Crippen molar-refractivity contribution in [3.05, 3.63) is 60.2 Å². The second kappa shape index (κ2) is 15.4. The van der Waals surface area contributed by atoms with Crippen molar-refractivity contribution in [2.45, 2.75) is 49.6 Å². The summed E-state index contributed by atoms with van der Waals surface area (Å²) in [6, 6.07) is 14.4. The highest BCUT2D eigenvalue weighted by atomic mass is 32.2. The monoisotopic (exact) mass is 576 g/mol. The molecule has 0 saturated carbocycles. The van der Waals surface area contributed by atoms with Crippen LogP contribution in [0.15, 0.2) is 59.5 Å². The number of nitrogens with zero attached hydrogens (tertiary/aromatic N) is 2. The molecule has 2 atom stereocenters. The fourth-order valence-corrected chi connectivity index (χ4v) is 5.89. The van der Waals surface area contributed by atoms with Crippen molar-refractivity contribution >= 4 is 22.1 Å². The quantitative estimate of drug-likeness (QED) is 0.261. The molecule has 3 N–H and O–H groups in total. The molecule has 2 aromatic carbocycles. The van der Waals surface area contributed by atoms with Gasteiger partial charge in [-0.15, -0.1) is 0 Å². The van der Waals surface area contributed by atoms with E-state index >= 15 is 0 Å². The number of benzene rings is 2. The lowest BCUT2D eigenvalue weighted by Crippen LogP contribution is -2.51. The van der Waals surface area contributed by atoms with Crippen molar-refractivity contribution in [2.75, 3.05) is 46.4 Å². The number of carbonyl (C=O) groups is 2. The number of rotatable bonds is 16. The molecule has 0 bridgehead atoms. The number of ether oxygens (including phenoxy) is 2. The fourth-order valence-electron chi connectivity index (χ4n) is 4.40. The lowest BCUT2D eigenvalue weighted by molar-refractivity contribution is 0.0886. The first-order chi connectivity index (χ1) is 19.2. The van der Waals surface area contributed by atoms with Crippen molar-refractivity contribution in [3.8, 4) is 5.75 Å². The summed E-state index contributed by atoms with van der Waals surface area (Å²) < 4.78 is 38.9. The lowest BCUT2D eigenvalue weighted by Gasteiger charge is -2.30. The summed E-state index contributed by atoms with van der Waals surface area (Å²) >= 11 is 0. The molecule has 0 aliphatic carbocycles. The van der Waals surface area contributed by atoms with E-state index in [0.717, 1.165) is 18.4 Å². The van der Waals surface area contributed by atoms with Crippen LogP contribution < -0.4 is 15.4 Å². The Morgan fingerprint density at radius 1 is 1.15 bits per heavy atom. The number of nitrogens with one attached hydrogen (secondary N) is 2. The van der Waals surface area contributed by atoms with E-state index in [1.807, 2.05) is 37.3 Å². The zero-order chi connectivity index (χ0) is 29.0. The third-order valence-electron chi connectivity index (χ3n) is 6.70. The average molecular weight is 577 g/mol. The van der Waals surface area contributed by atoms with Crippen LogP contribution in [0, 0.1) is 0 Å². The fraction of sp³-hybridized carbons (Fsp3) is 0.500. The Labute approximate surface area is 236 Å². The first kappa shape index (κ1) is 31.2. The second-order valence-electron chi connectivity index (χ2n) is 9.61. The van der Waals surface area contributed by atoms with E-state index in [4.69, 9.17) is 9.47 Å². The molecular weight excluding hydrogens is 536 g/mol. The van der Waals surface area contributed by atoms with Gasteiger partial charge in [0.25, 0.3) is 0 Å². The van der Waals surface area contributed by atoms with Crippen molar-refractivity contribution < 1.29 is 32.6 Å². The third-order valence-corrected chi connectivity index (χ3v) is 8.58. The first-order valence-electron chi connectivity index (χ1n) is 13.6.